The second kappa shape index (κ2) is 6.70. The van der Waals surface area contributed by atoms with Crippen molar-refractivity contribution in [2.75, 3.05) is 0 Å². The first kappa shape index (κ1) is 17.0. The molecule has 3 aliphatic rings. The monoisotopic (exact) mass is 338 g/mol. The molecule has 2 saturated carbocycles. The lowest BCUT2D eigenvalue weighted by Gasteiger charge is -2.35. The van der Waals surface area contributed by atoms with Gasteiger partial charge in [0.15, 0.2) is 11.6 Å². The normalized spacial score (nSPS) is 31.1. The maximum atomic E-state index is 13.4. The summed E-state index contributed by atoms with van der Waals surface area (Å²) in [5, 5.41) is 0. The number of carbonyl (C=O) groups excluding carboxylic acids is 2. The van der Waals surface area contributed by atoms with Crippen molar-refractivity contribution in [3.8, 4) is 0 Å². The number of carbonyl (C=O) groups is 2. The minimum Gasteiger partial charge on any atom is -0.294 e. The molecule has 0 aliphatic heterocycles. The molecule has 0 radical (unpaired) electrons. The summed E-state index contributed by atoms with van der Waals surface area (Å²) < 4.78 is 0. The van der Waals surface area contributed by atoms with Crippen molar-refractivity contribution in [1.82, 2.24) is 0 Å². The Balaban J connectivity index is 1.68. The van der Waals surface area contributed by atoms with E-state index in [1.807, 2.05) is 12.1 Å². The highest BCUT2D eigenvalue weighted by Gasteiger charge is 2.56. The summed E-state index contributed by atoms with van der Waals surface area (Å²) in [7, 11) is 0. The quantitative estimate of drug-likeness (QED) is 0.687. The van der Waals surface area contributed by atoms with Crippen molar-refractivity contribution in [3.63, 3.8) is 0 Å². The molecule has 2 fully saturated rings. The van der Waals surface area contributed by atoms with E-state index >= 15 is 0 Å². The van der Waals surface area contributed by atoms with E-state index in [0.29, 0.717) is 23.5 Å². The third kappa shape index (κ3) is 2.69. The van der Waals surface area contributed by atoms with Gasteiger partial charge in [0.1, 0.15) is 0 Å². The Kier molecular flexibility index (Phi) is 4.56. The van der Waals surface area contributed by atoms with Gasteiger partial charge in [-0.05, 0) is 49.0 Å². The van der Waals surface area contributed by atoms with Crippen molar-refractivity contribution in [2.24, 2.45) is 29.6 Å². The van der Waals surface area contributed by atoms with Gasteiger partial charge in [-0.25, -0.2) is 0 Å². The Hall–Kier alpha value is -1.44. The van der Waals surface area contributed by atoms with Gasteiger partial charge in [0.05, 0.1) is 0 Å². The smallest absolute Gasteiger partial charge is 0.167 e. The van der Waals surface area contributed by atoms with Gasteiger partial charge in [-0.3, -0.25) is 9.59 Å². The Bertz CT molecular complexity index is 689. The van der Waals surface area contributed by atoms with E-state index in [9.17, 15) is 9.59 Å². The Morgan fingerprint density at radius 2 is 1.76 bits per heavy atom. The van der Waals surface area contributed by atoms with Crippen LogP contribution in [0.5, 0.6) is 0 Å². The third-order valence-corrected chi connectivity index (χ3v) is 7.24. The average molecular weight is 338 g/mol. The molecule has 1 aromatic carbocycles. The van der Waals surface area contributed by atoms with E-state index in [0.717, 1.165) is 48.8 Å². The maximum absolute atomic E-state index is 13.4. The lowest BCUT2D eigenvalue weighted by molar-refractivity contribution is 0.0659. The molecule has 1 aromatic rings. The fourth-order valence-electron chi connectivity index (χ4n) is 5.91. The molecular formula is C23H30O2. The molecule has 0 spiro atoms. The van der Waals surface area contributed by atoms with E-state index in [-0.39, 0.29) is 17.6 Å². The lowest BCUT2D eigenvalue weighted by Crippen LogP contribution is -2.40. The number of ketones is 2. The van der Waals surface area contributed by atoms with Crippen LogP contribution in [0.25, 0.3) is 0 Å². The predicted molar refractivity (Wildman–Crippen MR) is 99.9 cm³/mol. The SMILES string of the molecule is CCCCC(CC)Cc1cccc2c1C(=O)C1C3CCC(C3)C1C2=O. The van der Waals surface area contributed by atoms with Gasteiger partial charge in [0.25, 0.3) is 0 Å². The van der Waals surface area contributed by atoms with E-state index in [1.54, 1.807) is 0 Å². The largest absolute Gasteiger partial charge is 0.294 e. The number of unbranched alkanes of at least 4 members (excludes halogenated alkanes) is 1. The van der Waals surface area contributed by atoms with Crippen LogP contribution in [0.15, 0.2) is 18.2 Å². The highest BCUT2D eigenvalue weighted by Crippen LogP contribution is 2.56. The molecule has 134 valence electrons. The van der Waals surface area contributed by atoms with Crippen LogP contribution in [0.2, 0.25) is 0 Å². The van der Waals surface area contributed by atoms with Gasteiger partial charge in [-0.2, -0.15) is 0 Å². The number of hydrogen-bond acceptors (Lipinski definition) is 2. The van der Waals surface area contributed by atoms with Crippen molar-refractivity contribution < 1.29 is 9.59 Å². The molecule has 5 unspecified atom stereocenters. The third-order valence-electron chi connectivity index (χ3n) is 7.24. The Morgan fingerprint density at radius 1 is 1.04 bits per heavy atom. The molecule has 5 atom stereocenters. The van der Waals surface area contributed by atoms with Crippen LogP contribution in [-0.4, -0.2) is 11.6 Å². The first-order valence-electron chi connectivity index (χ1n) is 10.4. The molecule has 0 N–H and O–H groups in total. The number of benzene rings is 1. The van der Waals surface area contributed by atoms with Crippen LogP contribution in [0.4, 0.5) is 0 Å². The summed E-state index contributed by atoms with van der Waals surface area (Å²) >= 11 is 0. The van der Waals surface area contributed by atoms with Crippen molar-refractivity contribution in [1.29, 1.82) is 0 Å². The summed E-state index contributed by atoms with van der Waals surface area (Å²) in [6, 6.07) is 6.01. The lowest BCUT2D eigenvalue weighted by atomic mass is 9.66. The fraction of sp³-hybridized carbons (Fsp3) is 0.652. The first-order chi connectivity index (χ1) is 12.2. The maximum Gasteiger partial charge on any atom is 0.167 e. The second-order valence-electron chi connectivity index (χ2n) is 8.57. The summed E-state index contributed by atoms with van der Waals surface area (Å²) in [4.78, 5) is 26.5. The van der Waals surface area contributed by atoms with Gasteiger partial charge in [0, 0.05) is 23.0 Å². The number of rotatable bonds is 6. The minimum atomic E-state index is -0.00406. The van der Waals surface area contributed by atoms with Gasteiger partial charge in [-0.1, -0.05) is 57.7 Å². The number of Topliss-reactive ketones (excluding diaryl/α,β-unsaturated/α-hetero) is 2. The van der Waals surface area contributed by atoms with Gasteiger partial charge in [0.2, 0.25) is 0 Å². The van der Waals surface area contributed by atoms with Crippen LogP contribution in [0, 0.1) is 29.6 Å². The van der Waals surface area contributed by atoms with E-state index in [4.69, 9.17) is 0 Å². The Labute approximate surface area is 151 Å². The summed E-state index contributed by atoms with van der Waals surface area (Å²) in [6.45, 7) is 4.48. The van der Waals surface area contributed by atoms with E-state index < -0.39 is 0 Å². The van der Waals surface area contributed by atoms with Crippen molar-refractivity contribution in [3.05, 3.63) is 34.9 Å². The first-order valence-corrected chi connectivity index (χ1v) is 10.4. The summed E-state index contributed by atoms with van der Waals surface area (Å²) in [5.74, 6) is 2.12. The highest BCUT2D eigenvalue weighted by atomic mass is 16.1. The highest BCUT2D eigenvalue weighted by molar-refractivity contribution is 6.17. The molecule has 0 heterocycles. The molecule has 0 aromatic heterocycles. The molecule has 4 rings (SSSR count). The molecule has 2 bridgehead atoms. The predicted octanol–water partition coefficient (Wildman–Crippen LogP) is 5.49. The van der Waals surface area contributed by atoms with Crippen LogP contribution in [-0.2, 0) is 6.42 Å². The summed E-state index contributed by atoms with van der Waals surface area (Å²) in [5.41, 5.74) is 2.68. The topological polar surface area (TPSA) is 34.1 Å². The molecule has 2 heteroatoms. The fourth-order valence-corrected chi connectivity index (χ4v) is 5.91. The zero-order valence-corrected chi connectivity index (χ0v) is 15.6. The minimum absolute atomic E-state index is 0.00364. The van der Waals surface area contributed by atoms with Crippen LogP contribution in [0.1, 0.15) is 85.1 Å². The molecule has 0 saturated heterocycles. The van der Waals surface area contributed by atoms with Gasteiger partial charge in [-0.15, -0.1) is 0 Å². The van der Waals surface area contributed by atoms with E-state index in [2.05, 4.69) is 19.9 Å². The van der Waals surface area contributed by atoms with Crippen molar-refractivity contribution in [2.45, 2.75) is 65.2 Å². The standard InChI is InChI=1S/C23H30O2/c1-3-5-7-14(4-2)12-15-8-6-9-18-19(15)23(25)21-17-11-10-16(13-17)20(21)22(18)24/h6,8-9,14,16-17,20-21H,3-5,7,10-13H2,1-2H3. The Morgan fingerprint density at radius 3 is 2.44 bits per heavy atom. The molecular weight excluding hydrogens is 308 g/mol. The number of fused-ring (bicyclic) bond motifs is 6. The zero-order valence-electron chi connectivity index (χ0n) is 15.6. The molecule has 0 amide bonds. The second-order valence-corrected chi connectivity index (χ2v) is 8.57. The van der Waals surface area contributed by atoms with Crippen molar-refractivity contribution >= 4 is 11.6 Å². The molecule has 25 heavy (non-hydrogen) atoms. The molecule has 2 nitrogen and oxygen atoms in total. The average Bonchev–Trinajstić information content (AvgIpc) is 3.24. The van der Waals surface area contributed by atoms with E-state index in [1.165, 1.54) is 19.3 Å². The zero-order chi connectivity index (χ0) is 17.6. The molecule has 3 aliphatic carbocycles. The summed E-state index contributed by atoms with van der Waals surface area (Å²) in [6.07, 6.45) is 9.17. The van der Waals surface area contributed by atoms with Crippen LogP contribution in [0.3, 0.4) is 0 Å². The van der Waals surface area contributed by atoms with Gasteiger partial charge >= 0.3 is 0 Å². The number of hydrogen-bond donors (Lipinski definition) is 0. The van der Waals surface area contributed by atoms with Crippen LogP contribution >= 0.6 is 0 Å². The van der Waals surface area contributed by atoms with Gasteiger partial charge < -0.3 is 0 Å². The van der Waals surface area contributed by atoms with Crippen LogP contribution < -0.4 is 0 Å².